The molecule has 1 aliphatic carbocycles. The van der Waals surface area contributed by atoms with Crippen LogP contribution in [0, 0.1) is 11.8 Å². The second kappa shape index (κ2) is 9.66. The fourth-order valence-electron chi connectivity index (χ4n) is 6.58. The third kappa shape index (κ3) is 4.05. The third-order valence-corrected chi connectivity index (χ3v) is 8.73. The van der Waals surface area contributed by atoms with E-state index in [-0.39, 0.29) is 29.8 Å². The summed E-state index contributed by atoms with van der Waals surface area (Å²) in [7, 11) is 0. The Hall–Kier alpha value is -2.67. The van der Waals surface area contributed by atoms with Crippen LogP contribution in [0.3, 0.4) is 0 Å². The molecule has 3 fully saturated rings. The van der Waals surface area contributed by atoms with Gasteiger partial charge in [0.05, 0.1) is 17.9 Å². The molecule has 194 valence electrons. The van der Waals surface area contributed by atoms with E-state index in [1.807, 2.05) is 50.3 Å². The number of amides is 3. The Labute approximate surface area is 214 Å². The van der Waals surface area contributed by atoms with Gasteiger partial charge in [0, 0.05) is 17.8 Å². The van der Waals surface area contributed by atoms with Crippen molar-refractivity contribution < 1.29 is 19.1 Å². The van der Waals surface area contributed by atoms with Gasteiger partial charge in [0.25, 0.3) is 0 Å². The second-order valence-corrected chi connectivity index (χ2v) is 11.3. The number of hydrogen-bond donors (Lipinski definition) is 2. The number of carbonyl (C=O) groups is 3. The number of anilines is 1. The van der Waals surface area contributed by atoms with Gasteiger partial charge in [-0.3, -0.25) is 14.4 Å². The van der Waals surface area contributed by atoms with E-state index in [2.05, 4.69) is 24.5 Å². The van der Waals surface area contributed by atoms with Crippen LogP contribution in [0.4, 0.5) is 5.69 Å². The number of benzene rings is 1. The molecular formula is C29H39N3O4. The molecule has 1 spiro atoms. The molecule has 1 aromatic rings. The van der Waals surface area contributed by atoms with E-state index in [1.54, 1.807) is 4.90 Å². The van der Waals surface area contributed by atoms with Gasteiger partial charge in [-0.2, -0.15) is 0 Å². The van der Waals surface area contributed by atoms with E-state index in [4.69, 9.17) is 4.74 Å². The maximum atomic E-state index is 13.9. The van der Waals surface area contributed by atoms with Crippen molar-refractivity contribution in [1.82, 2.24) is 10.2 Å². The summed E-state index contributed by atoms with van der Waals surface area (Å²) in [5, 5.41) is 6.24. The first-order valence-corrected chi connectivity index (χ1v) is 13.7. The molecule has 1 saturated carbocycles. The van der Waals surface area contributed by atoms with Gasteiger partial charge in [0.2, 0.25) is 17.7 Å². The predicted octanol–water partition coefficient (Wildman–Crippen LogP) is 4.15. The average Bonchev–Trinajstić information content (AvgIpc) is 3.51. The number of fused-ring (bicyclic) bond motifs is 1. The van der Waals surface area contributed by atoms with E-state index in [0.29, 0.717) is 18.0 Å². The zero-order chi connectivity index (χ0) is 25.6. The Morgan fingerprint density at radius 2 is 1.78 bits per heavy atom. The van der Waals surface area contributed by atoms with Crippen molar-refractivity contribution in [2.24, 2.45) is 11.8 Å². The summed E-state index contributed by atoms with van der Waals surface area (Å²) in [4.78, 5) is 42.9. The first-order valence-electron chi connectivity index (χ1n) is 13.7. The summed E-state index contributed by atoms with van der Waals surface area (Å²) < 4.78 is 6.43. The minimum atomic E-state index is -1.10. The van der Waals surface area contributed by atoms with Crippen LogP contribution in [0.15, 0.2) is 36.4 Å². The van der Waals surface area contributed by atoms with Crippen molar-refractivity contribution in [3.63, 3.8) is 0 Å². The molecule has 3 heterocycles. The summed E-state index contributed by atoms with van der Waals surface area (Å²) >= 11 is 0. The van der Waals surface area contributed by atoms with Gasteiger partial charge in [0.15, 0.2) is 0 Å². The molecule has 7 heteroatoms. The Bertz CT molecular complexity index is 1050. The molecule has 1 aromatic carbocycles. The van der Waals surface area contributed by atoms with Crippen LogP contribution in [0.25, 0.3) is 0 Å². The number of nitrogens with one attached hydrogen (secondary N) is 2. The highest BCUT2D eigenvalue weighted by Gasteiger charge is 2.73. The lowest BCUT2D eigenvalue weighted by atomic mass is 9.74. The monoisotopic (exact) mass is 493 g/mol. The van der Waals surface area contributed by atoms with E-state index >= 15 is 0 Å². The van der Waals surface area contributed by atoms with Crippen molar-refractivity contribution >= 4 is 23.4 Å². The normalized spacial score (nSPS) is 32.1. The third-order valence-electron chi connectivity index (χ3n) is 8.73. The predicted molar refractivity (Wildman–Crippen MR) is 138 cm³/mol. The van der Waals surface area contributed by atoms with E-state index in [0.717, 1.165) is 25.7 Å². The summed E-state index contributed by atoms with van der Waals surface area (Å²) in [5.74, 6) is -1.54. The first kappa shape index (κ1) is 25.0. The van der Waals surface area contributed by atoms with Crippen molar-refractivity contribution in [2.45, 2.75) is 102 Å². The summed E-state index contributed by atoms with van der Waals surface area (Å²) in [5.41, 5.74) is 0.786. The van der Waals surface area contributed by atoms with Crippen molar-refractivity contribution in [3.05, 3.63) is 42.0 Å². The van der Waals surface area contributed by atoms with E-state index in [9.17, 15) is 14.4 Å². The molecule has 3 aliphatic heterocycles. The van der Waals surface area contributed by atoms with Crippen molar-refractivity contribution in [3.8, 4) is 0 Å². The van der Waals surface area contributed by atoms with Crippen LogP contribution in [0.1, 0.15) is 77.7 Å². The maximum Gasteiger partial charge on any atom is 0.246 e. The van der Waals surface area contributed by atoms with Crippen LogP contribution in [-0.2, 0) is 19.1 Å². The van der Waals surface area contributed by atoms with Crippen LogP contribution >= 0.6 is 0 Å². The van der Waals surface area contributed by atoms with Gasteiger partial charge in [-0.25, -0.2) is 0 Å². The molecular weight excluding hydrogens is 454 g/mol. The molecule has 5 rings (SSSR count). The highest BCUT2D eigenvalue weighted by Crippen LogP contribution is 2.55. The summed E-state index contributed by atoms with van der Waals surface area (Å²) in [6, 6.07) is 7.04. The number of hydrogen-bond acceptors (Lipinski definition) is 4. The molecule has 7 nitrogen and oxygen atoms in total. The van der Waals surface area contributed by atoms with Gasteiger partial charge in [-0.15, -0.1) is 0 Å². The Morgan fingerprint density at radius 3 is 2.42 bits per heavy atom. The smallest absolute Gasteiger partial charge is 0.246 e. The highest BCUT2D eigenvalue weighted by atomic mass is 16.5. The second-order valence-electron chi connectivity index (χ2n) is 11.3. The molecule has 0 radical (unpaired) electrons. The van der Waals surface area contributed by atoms with Gasteiger partial charge in [-0.05, 0) is 49.8 Å². The van der Waals surface area contributed by atoms with Crippen molar-refractivity contribution in [2.75, 3.05) is 5.32 Å². The molecule has 4 unspecified atom stereocenters. The van der Waals surface area contributed by atoms with Crippen LogP contribution in [0.2, 0.25) is 0 Å². The fourth-order valence-corrected chi connectivity index (χ4v) is 6.58. The largest absolute Gasteiger partial charge is 0.359 e. The van der Waals surface area contributed by atoms with Crippen LogP contribution in [0.5, 0.6) is 0 Å². The Morgan fingerprint density at radius 1 is 1.08 bits per heavy atom. The zero-order valence-corrected chi connectivity index (χ0v) is 21.8. The maximum absolute atomic E-state index is 13.9. The number of rotatable bonds is 7. The minimum Gasteiger partial charge on any atom is -0.359 e. The lowest BCUT2D eigenvalue weighted by Crippen LogP contribution is -2.58. The zero-order valence-electron chi connectivity index (χ0n) is 21.8. The van der Waals surface area contributed by atoms with Crippen LogP contribution < -0.4 is 10.6 Å². The van der Waals surface area contributed by atoms with Crippen LogP contribution in [-0.4, -0.2) is 52.5 Å². The van der Waals surface area contributed by atoms with Gasteiger partial charge in [-0.1, -0.05) is 64.3 Å². The SMILES string of the molecule is CCC(C)N1C(=O)[C@H]2C(C(=O)Nc3ccc(C(C)C)cc3)[C@H]3C=CC2(O3)C1C(=O)NC1CCCCC1. The molecule has 2 N–H and O–H groups in total. The Balaban J connectivity index is 1.41. The number of nitrogens with zero attached hydrogens (tertiary/aromatic N) is 1. The van der Waals surface area contributed by atoms with Gasteiger partial charge in [0.1, 0.15) is 11.6 Å². The topological polar surface area (TPSA) is 87.7 Å². The highest BCUT2D eigenvalue weighted by molar-refractivity contribution is 6.02. The molecule has 6 atom stereocenters. The fraction of sp³-hybridized carbons (Fsp3) is 0.621. The molecule has 0 aromatic heterocycles. The number of ether oxygens (including phenoxy) is 1. The van der Waals surface area contributed by atoms with Gasteiger partial charge >= 0.3 is 0 Å². The van der Waals surface area contributed by atoms with E-state index in [1.165, 1.54) is 12.0 Å². The summed E-state index contributed by atoms with van der Waals surface area (Å²) in [6.45, 7) is 8.24. The quantitative estimate of drug-likeness (QED) is 0.559. The summed E-state index contributed by atoms with van der Waals surface area (Å²) in [6.07, 6.45) is 9.30. The molecule has 36 heavy (non-hydrogen) atoms. The molecule has 4 aliphatic rings. The standard InChI is InChI=1S/C29H39N3O4/c1-5-18(4)32-25(27(34)31-20-9-7-6-8-10-20)29-16-15-22(36-29)23(24(29)28(32)35)26(33)30-21-13-11-19(12-14-21)17(2)3/h11-18,20,22-25H,5-10H2,1-4H3,(H,30,33)(H,31,34)/t18?,22-,23?,24-,25?,29?/m1/s1. The van der Waals surface area contributed by atoms with Crippen molar-refractivity contribution in [1.29, 1.82) is 0 Å². The minimum absolute atomic E-state index is 0.131. The average molecular weight is 494 g/mol. The molecule has 2 saturated heterocycles. The molecule has 3 amide bonds. The lowest BCUT2D eigenvalue weighted by molar-refractivity contribution is -0.143. The Kier molecular flexibility index (Phi) is 6.70. The van der Waals surface area contributed by atoms with Gasteiger partial charge < -0.3 is 20.3 Å². The number of likely N-dealkylation sites (tertiary alicyclic amines) is 1. The number of carbonyl (C=O) groups excluding carboxylic acids is 3. The van der Waals surface area contributed by atoms with E-state index < -0.39 is 29.6 Å². The lowest BCUT2D eigenvalue weighted by Gasteiger charge is -2.36. The first-order chi connectivity index (χ1) is 17.3. The molecule has 2 bridgehead atoms.